The van der Waals surface area contributed by atoms with Crippen LogP contribution in [0.25, 0.3) is 0 Å². The van der Waals surface area contributed by atoms with Crippen molar-refractivity contribution in [1.29, 1.82) is 0 Å². The van der Waals surface area contributed by atoms with E-state index >= 15 is 0 Å². The molecule has 1 aliphatic heterocycles. The topological polar surface area (TPSA) is 81.0 Å². The number of aromatic nitrogens is 3. The predicted octanol–water partition coefficient (Wildman–Crippen LogP) is 3.06. The smallest absolute Gasteiger partial charge is 0.338 e. The van der Waals surface area contributed by atoms with Gasteiger partial charge in [0.05, 0.1) is 6.04 Å². The normalized spacial score (nSPS) is 18.0. The highest BCUT2D eigenvalue weighted by atomic mass is 32.1. The molecule has 1 fully saturated rings. The standard InChI is InChI=1S/C20H29N5O2S/c26-19(22-18(15-7-1-2-8-15)16-9-5-14-28-16)21-11-6-13-25-20(27)24-12-4-3-10-17(24)23-25/h5,9,14-15,18H,1-4,6-8,10-13H2,(H2,21,22,26). The summed E-state index contributed by atoms with van der Waals surface area (Å²) < 4.78 is 3.34. The molecule has 8 heteroatoms. The van der Waals surface area contributed by atoms with Crippen molar-refractivity contribution in [3.05, 3.63) is 38.7 Å². The highest BCUT2D eigenvalue weighted by Gasteiger charge is 2.28. The second-order valence-corrected chi connectivity index (χ2v) is 8.80. The molecule has 2 N–H and O–H groups in total. The molecule has 0 saturated heterocycles. The zero-order chi connectivity index (χ0) is 19.3. The maximum Gasteiger partial charge on any atom is 0.345 e. The van der Waals surface area contributed by atoms with Crippen molar-refractivity contribution >= 4 is 17.4 Å². The fourth-order valence-electron chi connectivity index (χ4n) is 4.40. The Morgan fingerprint density at radius 1 is 1.29 bits per heavy atom. The summed E-state index contributed by atoms with van der Waals surface area (Å²) >= 11 is 1.71. The number of urea groups is 1. The number of fused-ring (bicyclic) bond motifs is 1. The third-order valence-corrected chi connectivity index (χ3v) is 6.83. The van der Waals surface area contributed by atoms with E-state index < -0.39 is 0 Å². The van der Waals surface area contributed by atoms with Crippen molar-refractivity contribution in [2.75, 3.05) is 6.54 Å². The molecule has 0 aromatic carbocycles. The first-order valence-electron chi connectivity index (χ1n) is 10.5. The molecule has 2 amide bonds. The van der Waals surface area contributed by atoms with E-state index in [-0.39, 0.29) is 17.8 Å². The molecule has 2 aromatic heterocycles. The minimum absolute atomic E-state index is 0.0156. The van der Waals surface area contributed by atoms with Gasteiger partial charge in [0.2, 0.25) is 0 Å². The van der Waals surface area contributed by atoms with E-state index in [9.17, 15) is 9.59 Å². The monoisotopic (exact) mass is 403 g/mol. The van der Waals surface area contributed by atoms with E-state index in [1.165, 1.54) is 30.6 Å². The van der Waals surface area contributed by atoms with Crippen LogP contribution < -0.4 is 16.3 Å². The van der Waals surface area contributed by atoms with Gasteiger partial charge in [0, 0.05) is 30.9 Å². The van der Waals surface area contributed by atoms with Crippen molar-refractivity contribution in [3.8, 4) is 0 Å². The second kappa shape index (κ2) is 8.94. The Morgan fingerprint density at radius 2 is 2.14 bits per heavy atom. The Balaban J connectivity index is 1.26. The lowest BCUT2D eigenvalue weighted by Gasteiger charge is -2.24. The first kappa shape index (κ1) is 19.2. The van der Waals surface area contributed by atoms with Gasteiger partial charge in [-0.25, -0.2) is 14.3 Å². The largest absolute Gasteiger partial charge is 0.345 e. The van der Waals surface area contributed by atoms with E-state index in [2.05, 4.69) is 27.2 Å². The second-order valence-electron chi connectivity index (χ2n) is 7.82. The summed E-state index contributed by atoms with van der Waals surface area (Å²) in [7, 11) is 0. The van der Waals surface area contributed by atoms with Gasteiger partial charge in [-0.3, -0.25) is 4.57 Å². The molecule has 4 rings (SSSR count). The van der Waals surface area contributed by atoms with Crippen molar-refractivity contribution in [2.45, 2.75) is 70.5 Å². The summed E-state index contributed by atoms with van der Waals surface area (Å²) in [5, 5.41) is 12.6. The average molecular weight is 404 g/mol. The zero-order valence-corrected chi connectivity index (χ0v) is 17.0. The Bertz CT molecular complexity index is 835. The lowest BCUT2D eigenvalue weighted by molar-refractivity contribution is 0.231. The highest BCUT2D eigenvalue weighted by molar-refractivity contribution is 7.10. The van der Waals surface area contributed by atoms with Crippen LogP contribution in [0.4, 0.5) is 4.79 Å². The molecular weight excluding hydrogens is 374 g/mol. The van der Waals surface area contributed by atoms with Gasteiger partial charge in [-0.2, -0.15) is 5.10 Å². The van der Waals surface area contributed by atoms with Crippen LogP contribution in [0, 0.1) is 5.92 Å². The van der Waals surface area contributed by atoms with Crippen LogP contribution in [0.2, 0.25) is 0 Å². The van der Waals surface area contributed by atoms with Gasteiger partial charge < -0.3 is 10.6 Å². The fourth-order valence-corrected chi connectivity index (χ4v) is 5.27. The first-order valence-corrected chi connectivity index (χ1v) is 11.3. The summed E-state index contributed by atoms with van der Waals surface area (Å²) in [5.74, 6) is 1.43. The lowest BCUT2D eigenvalue weighted by Crippen LogP contribution is -2.40. The molecule has 0 bridgehead atoms. The van der Waals surface area contributed by atoms with Gasteiger partial charge in [-0.15, -0.1) is 11.3 Å². The number of hydrogen-bond acceptors (Lipinski definition) is 4. The number of thiophene rings is 1. The Kier molecular flexibility index (Phi) is 6.14. The van der Waals surface area contributed by atoms with E-state index in [4.69, 9.17) is 0 Å². The van der Waals surface area contributed by atoms with Crippen LogP contribution >= 0.6 is 11.3 Å². The molecule has 0 radical (unpaired) electrons. The van der Waals surface area contributed by atoms with Crippen LogP contribution in [-0.4, -0.2) is 26.9 Å². The molecule has 28 heavy (non-hydrogen) atoms. The molecule has 2 aromatic rings. The van der Waals surface area contributed by atoms with Gasteiger partial charge in [-0.05, 0) is 49.5 Å². The molecule has 2 aliphatic rings. The number of rotatable bonds is 7. The van der Waals surface area contributed by atoms with E-state index in [1.807, 2.05) is 6.07 Å². The number of nitrogens with one attached hydrogen (secondary N) is 2. The van der Waals surface area contributed by atoms with E-state index in [1.54, 1.807) is 20.6 Å². The first-order chi connectivity index (χ1) is 13.7. The van der Waals surface area contributed by atoms with Crippen molar-refractivity contribution in [1.82, 2.24) is 25.0 Å². The van der Waals surface area contributed by atoms with Gasteiger partial charge >= 0.3 is 11.7 Å². The minimum atomic E-state index is -0.123. The molecule has 3 heterocycles. The van der Waals surface area contributed by atoms with Gasteiger partial charge in [0.15, 0.2) is 0 Å². The summed E-state index contributed by atoms with van der Waals surface area (Å²) in [4.78, 5) is 26.0. The number of nitrogens with zero attached hydrogens (tertiary/aromatic N) is 3. The molecule has 7 nitrogen and oxygen atoms in total. The van der Waals surface area contributed by atoms with Crippen LogP contribution in [0.5, 0.6) is 0 Å². The molecule has 0 spiro atoms. The van der Waals surface area contributed by atoms with Gasteiger partial charge in [-0.1, -0.05) is 18.9 Å². The van der Waals surface area contributed by atoms with E-state index in [0.29, 0.717) is 25.4 Å². The fraction of sp³-hybridized carbons (Fsp3) is 0.650. The Morgan fingerprint density at radius 3 is 2.89 bits per heavy atom. The number of carbonyl (C=O) groups is 1. The number of carbonyl (C=O) groups excluding carboxylic acids is 1. The average Bonchev–Trinajstić information content (AvgIpc) is 3.46. The predicted molar refractivity (Wildman–Crippen MR) is 110 cm³/mol. The summed E-state index contributed by atoms with van der Waals surface area (Å²) in [6, 6.07) is 4.14. The maximum atomic E-state index is 12.4. The van der Waals surface area contributed by atoms with E-state index in [0.717, 1.165) is 31.6 Å². The van der Waals surface area contributed by atoms with Gasteiger partial charge in [0.25, 0.3) is 0 Å². The molecule has 1 saturated carbocycles. The number of hydrogen-bond donors (Lipinski definition) is 2. The third kappa shape index (κ3) is 4.32. The third-order valence-electron chi connectivity index (χ3n) is 5.87. The summed E-state index contributed by atoms with van der Waals surface area (Å²) in [6.45, 7) is 1.85. The summed E-state index contributed by atoms with van der Waals surface area (Å²) in [6.07, 6.45) is 8.58. The minimum Gasteiger partial charge on any atom is -0.338 e. The molecule has 152 valence electrons. The van der Waals surface area contributed by atoms with Crippen molar-refractivity contribution < 1.29 is 4.79 Å². The van der Waals surface area contributed by atoms with Crippen molar-refractivity contribution in [3.63, 3.8) is 0 Å². The van der Waals surface area contributed by atoms with Crippen LogP contribution in [0.3, 0.4) is 0 Å². The molecule has 1 aliphatic carbocycles. The molecule has 1 unspecified atom stereocenters. The maximum absolute atomic E-state index is 12.4. The Labute approximate surface area is 169 Å². The quantitative estimate of drug-likeness (QED) is 0.697. The highest BCUT2D eigenvalue weighted by Crippen LogP contribution is 2.37. The van der Waals surface area contributed by atoms with Crippen LogP contribution in [-0.2, 0) is 19.5 Å². The van der Waals surface area contributed by atoms with Crippen LogP contribution in [0.1, 0.15) is 61.7 Å². The molecule has 1 atom stereocenters. The zero-order valence-electron chi connectivity index (χ0n) is 16.2. The number of amides is 2. The SMILES string of the molecule is O=C(NCCCn1nc2n(c1=O)CCCC2)NC(c1cccs1)C1CCCC1. The summed E-state index contributed by atoms with van der Waals surface area (Å²) in [5.41, 5.74) is -0.0156. The van der Waals surface area contributed by atoms with Crippen LogP contribution in [0.15, 0.2) is 22.3 Å². The van der Waals surface area contributed by atoms with Crippen molar-refractivity contribution in [2.24, 2.45) is 5.92 Å². The number of aryl methyl sites for hydroxylation is 2. The molecular formula is C20H29N5O2S. The lowest BCUT2D eigenvalue weighted by atomic mass is 9.97. The Hall–Kier alpha value is -2.09. The van der Waals surface area contributed by atoms with Gasteiger partial charge in [0.1, 0.15) is 5.82 Å².